The molecule has 3 nitrogen and oxygen atoms in total. The van der Waals surface area contributed by atoms with E-state index in [0.717, 1.165) is 19.5 Å². The summed E-state index contributed by atoms with van der Waals surface area (Å²) in [6.45, 7) is 2.09. The van der Waals surface area contributed by atoms with Gasteiger partial charge in [0.15, 0.2) is 0 Å². The van der Waals surface area contributed by atoms with Gasteiger partial charge in [0.25, 0.3) is 0 Å². The van der Waals surface area contributed by atoms with Crippen LogP contribution in [0, 0.1) is 0 Å². The number of nitrogens with zero attached hydrogens (tertiary/aromatic N) is 2. The molecule has 1 aliphatic heterocycles. The molecule has 0 aliphatic carbocycles. The Morgan fingerprint density at radius 3 is 3.26 bits per heavy atom. The average molecular weight is 273 g/mol. The van der Waals surface area contributed by atoms with E-state index in [4.69, 9.17) is 0 Å². The summed E-state index contributed by atoms with van der Waals surface area (Å²) < 4.78 is 2.27. The van der Waals surface area contributed by atoms with Crippen molar-refractivity contribution in [1.82, 2.24) is 9.55 Å². The number of hydrogen-bond donors (Lipinski definition) is 1. The van der Waals surface area contributed by atoms with Crippen LogP contribution < -0.4 is 5.32 Å². The van der Waals surface area contributed by atoms with Crippen LogP contribution in [0.1, 0.15) is 12.0 Å². The van der Waals surface area contributed by atoms with Gasteiger partial charge in [-0.2, -0.15) is 11.8 Å². The number of rotatable bonds is 5. The van der Waals surface area contributed by atoms with Crippen molar-refractivity contribution in [3.8, 4) is 11.3 Å². The van der Waals surface area contributed by atoms with E-state index in [-0.39, 0.29) is 0 Å². The minimum Gasteiger partial charge on any atom is -0.384 e. The quantitative estimate of drug-likeness (QED) is 0.848. The van der Waals surface area contributed by atoms with E-state index in [1.807, 2.05) is 24.3 Å². The SMILES string of the molecule is CSCCCn1cncc1-c1cccc2c1NCC2. The van der Waals surface area contributed by atoms with Crippen LogP contribution in [0.3, 0.4) is 0 Å². The van der Waals surface area contributed by atoms with Crippen molar-refractivity contribution in [3.63, 3.8) is 0 Å². The van der Waals surface area contributed by atoms with E-state index in [1.54, 1.807) is 0 Å². The second kappa shape index (κ2) is 5.70. The first-order valence-electron chi connectivity index (χ1n) is 6.75. The standard InChI is InChI=1S/C15H19N3S/c1-19-9-3-8-18-11-16-10-14(18)13-5-2-4-12-6-7-17-15(12)13/h2,4-5,10-11,17H,3,6-9H2,1H3. The van der Waals surface area contributed by atoms with Crippen LogP contribution >= 0.6 is 11.8 Å². The molecule has 2 heterocycles. The fourth-order valence-electron chi connectivity index (χ4n) is 2.66. The largest absolute Gasteiger partial charge is 0.384 e. The molecule has 0 saturated carbocycles. The van der Waals surface area contributed by atoms with Gasteiger partial charge in [-0.3, -0.25) is 0 Å². The third-order valence-corrected chi connectivity index (χ3v) is 4.28. The monoisotopic (exact) mass is 273 g/mol. The van der Waals surface area contributed by atoms with E-state index in [9.17, 15) is 0 Å². The number of imidazole rings is 1. The molecule has 1 aromatic heterocycles. The molecule has 0 radical (unpaired) electrons. The summed E-state index contributed by atoms with van der Waals surface area (Å²) in [5.41, 5.74) is 5.24. The first-order valence-corrected chi connectivity index (χ1v) is 8.15. The van der Waals surface area contributed by atoms with Crippen LogP contribution in [0.4, 0.5) is 5.69 Å². The molecule has 0 bridgehead atoms. The second-order valence-electron chi connectivity index (χ2n) is 4.84. The molecule has 0 spiro atoms. The molecule has 100 valence electrons. The van der Waals surface area contributed by atoms with Crippen molar-refractivity contribution >= 4 is 17.4 Å². The predicted octanol–water partition coefficient (Wildman–Crippen LogP) is 3.27. The molecule has 0 fully saturated rings. The predicted molar refractivity (Wildman–Crippen MR) is 82.9 cm³/mol. The van der Waals surface area contributed by atoms with Crippen molar-refractivity contribution < 1.29 is 0 Å². The van der Waals surface area contributed by atoms with Gasteiger partial charge in [0.1, 0.15) is 0 Å². The molecule has 2 aromatic rings. The Morgan fingerprint density at radius 1 is 1.42 bits per heavy atom. The summed E-state index contributed by atoms with van der Waals surface area (Å²) >= 11 is 1.90. The molecule has 19 heavy (non-hydrogen) atoms. The van der Waals surface area contributed by atoms with E-state index in [0.29, 0.717) is 0 Å². The highest BCUT2D eigenvalue weighted by Crippen LogP contribution is 2.34. The van der Waals surface area contributed by atoms with Gasteiger partial charge in [-0.25, -0.2) is 4.98 Å². The summed E-state index contributed by atoms with van der Waals surface area (Å²) in [4.78, 5) is 4.33. The number of aromatic nitrogens is 2. The minimum atomic E-state index is 1.04. The highest BCUT2D eigenvalue weighted by Gasteiger charge is 2.16. The van der Waals surface area contributed by atoms with Crippen molar-refractivity contribution in [2.75, 3.05) is 23.9 Å². The zero-order chi connectivity index (χ0) is 13.1. The van der Waals surface area contributed by atoms with E-state index >= 15 is 0 Å². The summed E-state index contributed by atoms with van der Waals surface area (Å²) in [7, 11) is 0. The minimum absolute atomic E-state index is 1.04. The van der Waals surface area contributed by atoms with Gasteiger partial charge >= 0.3 is 0 Å². The molecule has 0 saturated heterocycles. The summed E-state index contributed by atoms with van der Waals surface area (Å²) in [6, 6.07) is 6.56. The maximum absolute atomic E-state index is 4.33. The molecule has 0 amide bonds. The van der Waals surface area contributed by atoms with Crippen LogP contribution in [0.25, 0.3) is 11.3 Å². The Morgan fingerprint density at radius 2 is 2.37 bits per heavy atom. The Hall–Kier alpha value is -1.42. The van der Waals surface area contributed by atoms with Gasteiger partial charge < -0.3 is 9.88 Å². The first-order chi connectivity index (χ1) is 9.40. The molecular weight excluding hydrogens is 254 g/mol. The number of anilines is 1. The zero-order valence-corrected chi connectivity index (χ0v) is 12.0. The van der Waals surface area contributed by atoms with Gasteiger partial charge in [-0.05, 0) is 30.4 Å². The molecule has 3 rings (SSSR count). The highest BCUT2D eigenvalue weighted by molar-refractivity contribution is 7.98. The lowest BCUT2D eigenvalue weighted by Crippen LogP contribution is -2.01. The third-order valence-electron chi connectivity index (χ3n) is 3.58. The normalized spacial score (nSPS) is 13.3. The van der Waals surface area contributed by atoms with Gasteiger partial charge in [0.05, 0.1) is 18.2 Å². The van der Waals surface area contributed by atoms with Crippen LogP contribution in [-0.2, 0) is 13.0 Å². The summed E-state index contributed by atoms with van der Waals surface area (Å²) in [5.74, 6) is 1.20. The Balaban J connectivity index is 1.90. The molecule has 0 atom stereocenters. The van der Waals surface area contributed by atoms with Gasteiger partial charge in [0, 0.05) is 24.3 Å². The fraction of sp³-hybridized carbons (Fsp3) is 0.400. The summed E-state index contributed by atoms with van der Waals surface area (Å²) in [6.07, 6.45) is 8.40. The lowest BCUT2D eigenvalue weighted by atomic mass is 10.1. The summed E-state index contributed by atoms with van der Waals surface area (Å²) in [5, 5.41) is 3.51. The van der Waals surface area contributed by atoms with Crippen LogP contribution in [0.15, 0.2) is 30.7 Å². The fourth-order valence-corrected chi connectivity index (χ4v) is 3.07. The van der Waals surface area contributed by atoms with Crippen LogP contribution in [0.5, 0.6) is 0 Å². The number of hydrogen-bond acceptors (Lipinski definition) is 3. The topological polar surface area (TPSA) is 29.9 Å². The van der Waals surface area contributed by atoms with Gasteiger partial charge in [-0.1, -0.05) is 18.2 Å². The van der Waals surface area contributed by atoms with Crippen molar-refractivity contribution in [1.29, 1.82) is 0 Å². The lowest BCUT2D eigenvalue weighted by Gasteiger charge is -2.12. The number of fused-ring (bicyclic) bond motifs is 1. The lowest BCUT2D eigenvalue weighted by molar-refractivity contribution is 0.689. The number of nitrogens with one attached hydrogen (secondary N) is 1. The number of para-hydroxylation sites is 1. The van der Waals surface area contributed by atoms with E-state index in [1.165, 1.54) is 34.7 Å². The number of aryl methyl sites for hydroxylation is 1. The zero-order valence-electron chi connectivity index (χ0n) is 11.2. The maximum Gasteiger partial charge on any atom is 0.0950 e. The van der Waals surface area contributed by atoms with Crippen molar-refractivity contribution in [2.45, 2.75) is 19.4 Å². The molecule has 1 aliphatic rings. The van der Waals surface area contributed by atoms with Crippen molar-refractivity contribution in [2.24, 2.45) is 0 Å². The molecular formula is C15H19N3S. The maximum atomic E-state index is 4.33. The van der Waals surface area contributed by atoms with E-state index < -0.39 is 0 Å². The highest BCUT2D eigenvalue weighted by atomic mass is 32.2. The van der Waals surface area contributed by atoms with Gasteiger partial charge in [-0.15, -0.1) is 0 Å². The smallest absolute Gasteiger partial charge is 0.0950 e. The van der Waals surface area contributed by atoms with Crippen molar-refractivity contribution in [3.05, 3.63) is 36.3 Å². The Kier molecular flexibility index (Phi) is 3.78. The molecule has 1 aromatic carbocycles. The third kappa shape index (κ3) is 2.50. The van der Waals surface area contributed by atoms with Crippen LogP contribution in [-0.4, -0.2) is 28.1 Å². The number of benzene rings is 1. The second-order valence-corrected chi connectivity index (χ2v) is 5.82. The Labute approximate surface area is 118 Å². The molecule has 1 N–H and O–H groups in total. The van der Waals surface area contributed by atoms with Gasteiger partial charge in [0.2, 0.25) is 0 Å². The van der Waals surface area contributed by atoms with E-state index in [2.05, 4.69) is 39.3 Å². The molecule has 0 unspecified atom stereocenters. The average Bonchev–Trinajstić information content (AvgIpc) is 3.07. The van der Waals surface area contributed by atoms with Crippen LogP contribution in [0.2, 0.25) is 0 Å². The number of thioether (sulfide) groups is 1. The Bertz CT molecular complexity index is 562. The molecule has 4 heteroatoms. The first kappa shape index (κ1) is 12.6.